The molecule has 3 aromatic rings. The minimum absolute atomic E-state index is 0.0319. The van der Waals surface area contributed by atoms with Crippen LogP contribution in [0.3, 0.4) is 0 Å². The summed E-state index contributed by atoms with van der Waals surface area (Å²) in [5, 5.41) is 3.40. The van der Waals surface area contributed by atoms with Crippen molar-refractivity contribution in [2.75, 3.05) is 17.9 Å². The molecule has 2 amide bonds. The lowest BCUT2D eigenvalue weighted by Gasteiger charge is -2.31. The molecule has 0 bridgehead atoms. The highest BCUT2D eigenvalue weighted by molar-refractivity contribution is 7.92. The second-order valence-electron chi connectivity index (χ2n) is 8.24. The molecule has 0 saturated carbocycles. The number of benzene rings is 3. The van der Waals surface area contributed by atoms with E-state index in [-0.39, 0.29) is 23.0 Å². The van der Waals surface area contributed by atoms with E-state index in [1.54, 1.807) is 61.5 Å². The summed E-state index contributed by atoms with van der Waals surface area (Å²) in [4.78, 5) is 27.5. The molecule has 36 heavy (non-hydrogen) atoms. The number of anilines is 1. The van der Waals surface area contributed by atoms with Gasteiger partial charge in [0.1, 0.15) is 12.6 Å². The van der Waals surface area contributed by atoms with Gasteiger partial charge in [0.25, 0.3) is 10.0 Å². The monoisotopic (exact) mass is 547 g/mol. The summed E-state index contributed by atoms with van der Waals surface area (Å²) in [5.74, 6) is -0.940. The third-order valence-corrected chi connectivity index (χ3v) is 7.94. The molecule has 7 nitrogen and oxygen atoms in total. The van der Waals surface area contributed by atoms with E-state index in [4.69, 9.17) is 23.2 Å². The number of nitrogens with zero attached hydrogens (tertiary/aromatic N) is 2. The van der Waals surface area contributed by atoms with Gasteiger partial charge in [-0.15, -0.1) is 0 Å². The largest absolute Gasteiger partial charge is 0.357 e. The summed E-state index contributed by atoms with van der Waals surface area (Å²) in [7, 11) is -2.66. The lowest BCUT2D eigenvalue weighted by molar-refractivity contribution is -0.139. The number of halogens is 2. The Morgan fingerprint density at radius 1 is 0.944 bits per heavy atom. The van der Waals surface area contributed by atoms with E-state index >= 15 is 0 Å². The molecule has 190 valence electrons. The first-order valence-corrected chi connectivity index (χ1v) is 13.3. The first-order valence-electron chi connectivity index (χ1n) is 11.1. The van der Waals surface area contributed by atoms with Crippen molar-refractivity contribution in [3.63, 3.8) is 0 Å². The second kappa shape index (κ2) is 11.8. The molecule has 1 atom stereocenters. The van der Waals surface area contributed by atoms with Crippen LogP contribution in [-0.4, -0.2) is 44.8 Å². The van der Waals surface area contributed by atoms with Crippen LogP contribution in [0.15, 0.2) is 77.7 Å². The molecule has 0 aromatic heterocycles. The molecule has 0 fully saturated rings. The number of hydrogen-bond acceptors (Lipinski definition) is 4. The minimum atomic E-state index is -4.14. The third kappa shape index (κ3) is 6.57. The van der Waals surface area contributed by atoms with Crippen LogP contribution in [-0.2, 0) is 26.2 Å². The maximum atomic E-state index is 13.7. The number of hydrogen-bond donors (Lipinski definition) is 1. The molecule has 0 saturated heterocycles. The number of nitrogens with one attached hydrogen (secondary N) is 1. The van der Waals surface area contributed by atoms with Crippen LogP contribution in [0.1, 0.15) is 18.1 Å². The molecule has 1 N–H and O–H groups in total. The van der Waals surface area contributed by atoms with Gasteiger partial charge >= 0.3 is 0 Å². The average molecular weight is 548 g/mol. The smallest absolute Gasteiger partial charge is 0.264 e. The lowest BCUT2D eigenvalue weighted by atomic mass is 10.1. The van der Waals surface area contributed by atoms with Gasteiger partial charge in [-0.05, 0) is 61.9 Å². The van der Waals surface area contributed by atoms with Gasteiger partial charge in [-0.25, -0.2) is 8.42 Å². The van der Waals surface area contributed by atoms with Crippen molar-refractivity contribution in [3.8, 4) is 0 Å². The van der Waals surface area contributed by atoms with Crippen molar-refractivity contribution in [3.05, 3.63) is 94.0 Å². The minimum Gasteiger partial charge on any atom is -0.357 e. The zero-order valence-corrected chi connectivity index (χ0v) is 22.4. The summed E-state index contributed by atoms with van der Waals surface area (Å²) >= 11 is 12.1. The first-order chi connectivity index (χ1) is 17.0. The molecule has 0 aliphatic heterocycles. The van der Waals surface area contributed by atoms with Crippen LogP contribution in [0, 0.1) is 6.92 Å². The number of carbonyl (C=O) groups excluding carboxylic acids is 2. The Kier molecular flexibility index (Phi) is 9.00. The van der Waals surface area contributed by atoms with Crippen LogP contribution < -0.4 is 9.62 Å². The number of carbonyl (C=O) groups is 2. The van der Waals surface area contributed by atoms with Crippen LogP contribution in [0.4, 0.5) is 5.69 Å². The van der Waals surface area contributed by atoms with Gasteiger partial charge in [-0.2, -0.15) is 0 Å². The molecule has 0 spiro atoms. The molecule has 0 heterocycles. The van der Waals surface area contributed by atoms with E-state index in [1.165, 1.54) is 30.1 Å². The van der Waals surface area contributed by atoms with Gasteiger partial charge in [0, 0.05) is 23.6 Å². The van der Waals surface area contributed by atoms with Gasteiger partial charge in [-0.1, -0.05) is 59.1 Å². The molecule has 3 aromatic carbocycles. The molecule has 0 aliphatic carbocycles. The van der Waals surface area contributed by atoms with Gasteiger partial charge in [-0.3, -0.25) is 13.9 Å². The highest BCUT2D eigenvalue weighted by Gasteiger charge is 2.32. The quantitative estimate of drug-likeness (QED) is 0.422. The fraction of sp³-hybridized carbons (Fsp3) is 0.231. The Morgan fingerprint density at radius 3 is 2.17 bits per heavy atom. The zero-order valence-electron chi connectivity index (χ0n) is 20.1. The van der Waals surface area contributed by atoms with Crippen LogP contribution >= 0.6 is 23.2 Å². The van der Waals surface area contributed by atoms with Crippen molar-refractivity contribution in [1.29, 1.82) is 0 Å². The van der Waals surface area contributed by atoms with Crippen LogP contribution in [0.5, 0.6) is 0 Å². The van der Waals surface area contributed by atoms with E-state index in [9.17, 15) is 18.0 Å². The lowest BCUT2D eigenvalue weighted by Crippen LogP contribution is -2.50. The SMILES string of the molecule is CNC(=O)[C@@H](C)N(Cc1ccc(Cl)cc1)C(=O)CN(c1cccc(Cl)c1)S(=O)(=O)c1ccc(C)cc1. The number of sulfonamides is 1. The fourth-order valence-electron chi connectivity index (χ4n) is 3.58. The van der Waals surface area contributed by atoms with E-state index in [0.717, 1.165) is 15.4 Å². The Bertz CT molecular complexity index is 1330. The fourth-order valence-corrected chi connectivity index (χ4v) is 5.29. The second-order valence-corrected chi connectivity index (χ2v) is 11.0. The Balaban J connectivity index is 2.02. The van der Waals surface area contributed by atoms with E-state index in [0.29, 0.717) is 10.0 Å². The van der Waals surface area contributed by atoms with Gasteiger partial charge < -0.3 is 10.2 Å². The Morgan fingerprint density at radius 2 is 1.58 bits per heavy atom. The number of rotatable bonds is 9. The molecule has 0 radical (unpaired) electrons. The normalized spacial score (nSPS) is 12.0. The summed E-state index contributed by atoms with van der Waals surface area (Å²) in [6, 6.07) is 18.6. The van der Waals surface area contributed by atoms with Crippen molar-refractivity contribution in [1.82, 2.24) is 10.2 Å². The van der Waals surface area contributed by atoms with Crippen molar-refractivity contribution in [2.24, 2.45) is 0 Å². The Hall–Kier alpha value is -3.07. The van der Waals surface area contributed by atoms with E-state index in [1.807, 2.05) is 6.92 Å². The van der Waals surface area contributed by atoms with E-state index in [2.05, 4.69) is 5.32 Å². The summed E-state index contributed by atoms with van der Waals surface area (Å²) in [6.45, 7) is 2.98. The predicted octanol–water partition coefficient (Wildman–Crippen LogP) is 4.66. The molecular formula is C26H27Cl2N3O4S. The first kappa shape index (κ1) is 27.5. The zero-order chi connectivity index (χ0) is 26.5. The molecule has 0 unspecified atom stereocenters. The topological polar surface area (TPSA) is 86.8 Å². The summed E-state index contributed by atoms with van der Waals surface area (Å²) < 4.78 is 28.4. The Labute approximate surface area is 221 Å². The average Bonchev–Trinajstić information content (AvgIpc) is 2.86. The molecule has 3 rings (SSSR count). The summed E-state index contributed by atoms with van der Waals surface area (Å²) in [6.07, 6.45) is 0. The van der Waals surface area contributed by atoms with Gasteiger partial charge in [0.15, 0.2) is 0 Å². The van der Waals surface area contributed by atoms with Crippen LogP contribution in [0.25, 0.3) is 0 Å². The maximum Gasteiger partial charge on any atom is 0.264 e. The maximum absolute atomic E-state index is 13.7. The van der Waals surface area contributed by atoms with E-state index < -0.39 is 28.5 Å². The number of aryl methyl sites for hydroxylation is 1. The number of amides is 2. The van der Waals surface area contributed by atoms with Crippen molar-refractivity contribution >= 4 is 50.7 Å². The van der Waals surface area contributed by atoms with Gasteiger partial charge in [0.05, 0.1) is 10.6 Å². The molecule has 0 aliphatic rings. The number of likely N-dealkylation sites (N-methyl/N-ethyl adjacent to an activating group) is 1. The van der Waals surface area contributed by atoms with Crippen molar-refractivity contribution in [2.45, 2.75) is 31.3 Å². The third-order valence-electron chi connectivity index (χ3n) is 5.66. The highest BCUT2D eigenvalue weighted by atomic mass is 35.5. The predicted molar refractivity (Wildman–Crippen MR) is 143 cm³/mol. The van der Waals surface area contributed by atoms with Crippen LogP contribution in [0.2, 0.25) is 10.0 Å². The van der Waals surface area contributed by atoms with Gasteiger partial charge in [0.2, 0.25) is 11.8 Å². The summed E-state index contributed by atoms with van der Waals surface area (Å²) in [5.41, 5.74) is 1.86. The standard InChI is InChI=1S/C26H27Cl2N3O4S/c1-18-7-13-24(14-8-18)36(34,35)31(23-6-4-5-22(28)15-23)17-25(32)30(19(2)26(33)29-3)16-20-9-11-21(27)12-10-20/h4-15,19H,16-17H2,1-3H3,(H,29,33)/t19-/m1/s1. The van der Waals surface area contributed by atoms with Crippen molar-refractivity contribution < 1.29 is 18.0 Å². The molecule has 10 heteroatoms. The highest BCUT2D eigenvalue weighted by Crippen LogP contribution is 2.27. The molecular weight excluding hydrogens is 521 g/mol.